The lowest BCUT2D eigenvalue weighted by atomic mass is 10.2. The van der Waals surface area contributed by atoms with E-state index < -0.39 is 9.84 Å². The maximum Gasteiger partial charge on any atom is 0.262 e. The van der Waals surface area contributed by atoms with Gasteiger partial charge < -0.3 is 5.32 Å². The van der Waals surface area contributed by atoms with Crippen LogP contribution in [-0.2, 0) is 21.2 Å². The van der Waals surface area contributed by atoms with Crippen molar-refractivity contribution in [3.05, 3.63) is 28.1 Å². The van der Waals surface area contributed by atoms with Crippen LogP contribution in [0, 0.1) is 0 Å². The van der Waals surface area contributed by atoms with Crippen LogP contribution in [-0.4, -0.2) is 41.4 Å². The van der Waals surface area contributed by atoms with Crippen LogP contribution in [0.3, 0.4) is 0 Å². The molecule has 0 unspecified atom stereocenters. The third-order valence-corrected chi connectivity index (χ3v) is 5.95. The number of amides is 1. The van der Waals surface area contributed by atoms with Gasteiger partial charge in [0.2, 0.25) is 5.91 Å². The first-order valence-corrected chi connectivity index (χ1v) is 9.07. The van der Waals surface area contributed by atoms with Crippen LogP contribution in [0.4, 0.5) is 0 Å². The summed E-state index contributed by atoms with van der Waals surface area (Å²) in [6.45, 7) is -0.159. The number of nitrogens with one attached hydrogen (secondary N) is 1. The van der Waals surface area contributed by atoms with Crippen LogP contribution in [0.1, 0.15) is 6.42 Å². The maximum absolute atomic E-state index is 12.1. The third-order valence-electron chi connectivity index (χ3n) is 3.36. The third kappa shape index (κ3) is 2.98. The van der Waals surface area contributed by atoms with Gasteiger partial charge in [0.1, 0.15) is 11.4 Å². The maximum atomic E-state index is 12.1. The molecule has 0 aromatic carbocycles. The number of fused-ring (bicyclic) bond motifs is 1. The van der Waals surface area contributed by atoms with Gasteiger partial charge in [-0.1, -0.05) is 0 Å². The Morgan fingerprint density at radius 3 is 3.05 bits per heavy atom. The number of sulfone groups is 1. The van der Waals surface area contributed by atoms with E-state index in [2.05, 4.69) is 10.3 Å². The second kappa shape index (κ2) is 5.23. The first-order chi connectivity index (χ1) is 9.94. The Bertz CT molecular complexity index is 853. The lowest BCUT2D eigenvalue weighted by Crippen LogP contribution is -2.39. The summed E-state index contributed by atoms with van der Waals surface area (Å²) in [4.78, 5) is 28.8. The molecule has 2 aromatic heterocycles. The number of rotatable bonds is 3. The van der Waals surface area contributed by atoms with Gasteiger partial charge in [-0.25, -0.2) is 13.4 Å². The van der Waals surface area contributed by atoms with Gasteiger partial charge in [-0.3, -0.25) is 14.2 Å². The summed E-state index contributed by atoms with van der Waals surface area (Å²) in [6.07, 6.45) is 1.76. The molecule has 21 heavy (non-hydrogen) atoms. The fourth-order valence-corrected chi connectivity index (χ4v) is 4.74. The first kappa shape index (κ1) is 14.2. The Morgan fingerprint density at radius 2 is 2.33 bits per heavy atom. The number of nitrogens with zero attached hydrogens (tertiary/aromatic N) is 2. The Kier molecular flexibility index (Phi) is 3.54. The fourth-order valence-electron chi connectivity index (χ4n) is 2.34. The molecule has 3 heterocycles. The summed E-state index contributed by atoms with van der Waals surface area (Å²) in [5.41, 5.74) is -0.268. The molecule has 1 saturated heterocycles. The Hall–Kier alpha value is -1.74. The van der Waals surface area contributed by atoms with Crippen LogP contribution < -0.4 is 10.9 Å². The summed E-state index contributed by atoms with van der Waals surface area (Å²) in [6, 6.07) is 1.31. The van der Waals surface area contributed by atoms with E-state index in [1.807, 2.05) is 0 Å². The van der Waals surface area contributed by atoms with E-state index in [0.29, 0.717) is 16.6 Å². The Labute approximate surface area is 124 Å². The second-order valence-electron chi connectivity index (χ2n) is 4.98. The van der Waals surface area contributed by atoms with Gasteiger partial charge in [0.15, 0.2) is 9.84 Å². The van der Waals surface area contributed by atoms with Crippen LogP contribution in [0.15, 0.2) is 22.6 Å². The molecule has 1 aliphatic rings. The molecular weight excluding hydrogens is 314 g/mol. The van der Waals surface area contributed by atoms with Gasteiger partial charge in [0, 0.05) is 6.04 Å². The average Bonchev–Trinajstić information content (AvgIpc) is 3.00. The molecule has 112 valence electrons. The summed E-state index contributed by atoms with van der Waals surface area (Å²) < 4.78 is 23.9. The fraction of sp³-hybridized carbons (Fsp3) is 0.417. The van der Waals surface area contributed by atoms with Crippen molar-refractivity contribution in [1.82, 2.24) is 14.9 Å². The van der Waals surface area contributed by atoms with Gasteiger partial charge in [-0.05, 0) is 17.9 Å². The highest BCUT2D eigenvalue weighted by Gasteiger charge is 2.28. The topological polar surface area (TPSA) is 98.1 Å². The van der Waals surface area contributed by atoms with E-state index in [9.17, 15) is 18.0 Å². The van der Waals surface area contributed by atoms with Gasteiger partial charge in [0.05, 0.1) is 23.2 Å². The normalized spacial score (nSPS) is 20.7. The number of carbonyl (C=O) groups excluding carboxylic acids is 1. The number of aromatic nitrogens is 2. The van der Waals surface area contributed by atoms with Crippen LogP contribution >= 0.6 is 11.3 Å². The van der Waals surface area contributed by atoms with Crippen molar-refractivity contribution >= 4 is 37.3 Å². The lowest BCUT2D eigenvalue weighted by molar-refractivity contribution is -0.122. The molecule has 0 spiro atoms. The highest BCUT2D eigenvalue weighted by molar-refractivity contribution is 7.91. The van der Waals surface area contributed by atoms with Crippen molar-refractivity contribution in [2.24, 2.45) is 0 Å². The van der Waals surface area contributed by atoms with Crippen molar-refractivity contribution in [2.75, 3.05) is 11.5 Å². The summed E-state index contributed by atoms with van der Waals surface area (Å²) in [5, 5.41) is 4.90. The molecule has 9 heteroatoms. The molecule has 1 aliphatic heterocycles. The van der Waals surface area contributed by atoms with E-state index in [-0.39, 0.29) is 35.6 Å². The zero-order valence-electron chi connectivity index (χ0n) is 11.0. The van der Waals surface area contributed by atoms with Crippen molar-refractivity contribution in [1.29, 1.82) is 0 Å². The Morgan fingerprint density at radius 1 is 1.52 bits per heavy atom. The molecule has 0 aliphatic carbocycles. The van der Waals surface area contributed by atoms with Gasteiger partial charge in [-0.15, -0.1) is 11.3 Å². The highest BCUT2D eigenvalue weighted by Crippen LogP contribution is 2.13. The molecule has 1 amide bonds. The smallest absolute Gasteiger partial charge is 0.262 e. The van der Waals surface area contributed by atoms with Crippen molar-refractivity contribution in [3.63, 3.8) is 0 Å². The predicted octanol–water partition coefficient (Wildman–Crippen LogP) is -0.239. The zero-order valence-corrected chi connectivity index (χ0v) is 12.6. The van der Waals surface area contributed by atoms with Crippen molar-refractivity contribution < 1.29 is 13.2 Å². The SMILES string of the molecule is O=C(Cn1cnc2sccc2c1=O)N[C@H]1CCS(=O)(=O)C1. The molecule has 0 radical (unpaired) electrons. The van der Waals surface area contributed by atoms with E-state index in [0.717, 1.165) is 0 Å². The minimum atomic E-state index is -3.04. The standard InChI is InChI=1S/C12H13N3O4S2/c16-10(14-8-2-4-21(18,19)6-8)5-15-7-13-11-9(12(15)17)1-3-20-11/h1,3,7-8H,2,4-6H2,(H,14,16)/t8-/m0/s1. The van der Waals surface area contributed by atoms with Crippen molar-refractivity contribution in [3.8, 4) is 0 Å². The van der Waals surface area contributed by atoms with Crippen LogP contribution in [0.2, 0.25) is 0 Å². The van der Waals surface area contributed by atoms with Crippen LogP contribution in [0.25, 0.3) is 10.2 Å². The van der Waals surface area contributed by atoms with E-state index in [1.165, 1.54) is 22.2 Å². The monoisotopic (exact) mass is 327 g/mol. The molecule has 2 aromatic rings. The van der Waals surface area contributed by atoms with Gasteiger partial charge in [0.25, 0.3) is 5.56 Å². The molecule has 1 fully saturated rings. The highest BCUT2D eigenvalue weighted by atomic mass is 32.2. The average molecular weight is 327 g/mol. The van der Waals surface area contributed by atoms with E-state index in [1.54, 1.807) is 11.4 Å². The van der Waals surface area contributed by atoms with Crippen LogP contribution in [0.5, 0.6) is 0 Å². The molecule has 3 rings (SSSR count). The quantitative estimate of drug-likeness (QED) is 0.839. The lowest BCUT2D eigenvalue weighted by Gasteiger charge is -2.11. The molecular formula is C12H13N3O4S2. The first-order valence-electron chi connectivity index (χ1n) is 6.37. The molecule has 1 N–H and O–H groups in total. The number of thiophene rings is 1. The minimum Gasteiger partial charge on any atom is -0.351 e. The second-order valence-corrected chi connectivity index (χ2v) is 8.11. The number of hydrogen-bond acceptors (Lipinski definition) is 6. The Balaban J connectivity index is 1.72. The van der Waals surface area contributed by atoms with E-state index >= 15 is 0 Å². The number of carbonyl (C=O) groups is 1. The predicted molar refractivity (Wildman–Crippen MR) is 79.1 cm³/mol. The number of hydrogen-bond donors (Lipinski definition) is 1. The largest absolute Gasteiger partial charge is 0.351 e. The van der Waals surface area contributed by atoms with Gasteiger partial charge in [-0.2, -0.15) is 0 Å². The van der Waals surface area contributed by atoms with Gasteiger partial charge >= 0.3 is 0 Å². The molecule has 0 bridgehead atoms. The summed E-state index contributed by atoms with van der Waals surface area (Å²) >= 11 is 1.36. The molecule has 7 nitrogen and oxygen atoms in total. The molecule has 0 saturated carbocycles. The summed E-state index contributed by atoms with van der Waals surface area (Å²) in [7, 11) is -3.04. The molecule has 1 atom stereocenters. The zero-order chi connectivity index (χ0) is 15.0. The minimum absolute atomic E-state index is 0.0323. The van der Waals surface area contributed by atoms with E-state index in [4.69, 9.17) is 0 Å². The van der Waals surface area contributed by atoms with Crippen molar-refractivity contribution in [2.45, 2.75) is 19.0 Å². The summed E-state index contributed by atoms with van der Waals surface area (Å²) in [5.74, 6) is -0.314.